The molecule has 0 spiro atoms. The molecule has 1 atom stereocenters. The van der Waals surface area contributed by atoms with Crippen molar-refractivity contribution in [3.8, 4) is 0 Å². The van der Waals surface area contributed by atoms with Gasteiger partial charge >= 0.3 is 0 Å². The summed E-state index contributed by atoms with van der Waals surface area (Å²) in [6.07, 6.45) is 27.2. The van der Waals surface area contributed by atoms with Gasteiger partial charge in [0.25, 0.3) is 0 Å². The topological polar surface area (TPSA) is 0 Å². The van der Waals surface area contributed by atoms with Gasteiger partial charge in [0.15, 0.2) is 0 Å². The Morgan fingerprint density at radius 1 is 0.478 bits per heavy atom. The van der Waals surface area contributed by atoms with Crippen LogP contribution in [-0.2, 0) is 0 Å². The van der Waals surface area contributed by atoms with Crippen LogP contribution in [-0.4, -0.2) is 0 Å². The fraction of sp³-hybridized carbons (Fsp3) is 0.957. The van der Waals surface area contributed by atoms with Crippen molar-refractivity contribution in [3.05, 3.63) is 6.92 Å². The van der Waals surface area contributed by atoms with Gasteiger partial charge in [0.05, 0.1) is 0 Å². The maximum atomic E-state index is 4.06. The van der Waals surface area contributed by atoms with Crippen LogP contribution >= 0.6 is 0 Å². The lowest BCUT2D eigenvalue weighted by molar-refractivity contribution is 0.385. The molecule has 23 heavy (non-hydrogen) atoms. The van der Waals surface area contributed by atoms with Gasteiger partial charge in [-0.25, -0.2) is 0 Å². The first kappa shape index (κ1) is 23.0. The van der Waals surface area contributed by atoms with E-state index in [0.717, 1.165) is 12.3 Å². The van der Waals surface area contributed by atoms with Crippen LogP contribution in [0.2, 0.25) is 0 Å². The first-order chi connectivity index (χ1) is 11.3. The molecule has 1 radical (unpaired) electrons. The van der Waals surface area contributed by atoms with E-state index in [9.17, 15) is 0 Å². The summed E-state index contributed by atoms with van der Waals surface area (Å²) in [6, 6.07) is 0. The standard InChI is InChI=1S/C23H47/c1-4-7-9-10-11-12-13-14-15-16-17-19-22-23(20-6-3)21-18-8-5-2/h23H,3-22H2,1-2H3. The summed E-state index contributed by atoms with van der Waals surface area (Å²) in [4.78, 5) is 0. The SMILES string of the molecule is [CH2]CCC(CCCCC)CCCCCCCCCCCCCC. The van der Waals surface area contributed by atoms with E-state index in [1.165, 1.54) is 116 Å². The number of hydrogen-bond acceptors (Lipinski definition) is 0. The van der Waals surface area contributed by atoms with E-state index < -0.39 is 0 Å². The molecule has 0 amide bonds. The second-order valence-electron chi connectivity index (χ2n) is 7.68. The quantitative estimate of drug-likeness (QED) is 0.208. The Hall–Kier alpha value is 0. The van der Waals surface area contributed by atoms with E-state index in [4.69, 9.17) is 0 Å². The fourth-order valence-corrected chi connectivity index (χ4v) is 3.68. The van der Waals surface area contributed by atoms with Crippen LogP contribution in [0.5, 0.6) is 0 Å². The zero-order valence-corrected chi connectivity index (χ0v) is 16.7. The van der Waals surface area contributed by atoms with E-state index in [0.29, 0.717) is 0 Å². The number of unbranched alkanes of at least 4 members (excludes halogenated alkanes) is 13. The smallest absolute Gasteiger partial charge is 0.0414 e. The van der Waals surface area contributed by atoms with Crippen LogP contribution < -0.4 is 0 Å². The molecule has 0 aliphatic rings. The minimum Gasteiger partial charge on any atom is -0.0654 e. The Labute approximate surface area is 149 Å². The molecule has 0 aromatic heterocycles. The van der Waals surface area contributed by atoms with Crippen LogP contribution in [0.4, 0.5) is 0 Å². The van der Waals surface area contributed by atoms with Gasteiger partial charge in [-0.05, 0) is 5.92 Å². The summed E-state index contributed by atoms with van der Waals surface area (Å²) >= 11 is 0. The van der Waals surface area contributed by atoms with Gasteiger partial charge in [0.2, 0.25) is 0 Å². The molecule has 0 saturated heterocycles. The van der Waals surface area contributed by atoms with Gasteiger partial charge in [-0.1, -0.05) is 143 Å². The summed E-state index contributed by atoms with van der Waals surface area (Å²) in [5.74, 6) is 0.974. The largest absolute Gasteiger partial charge is 0.0654 e. The van der Waals surface area contributed by atoms with Crippen molar-refractivity contribution in [1.82, 2.24) is 0 Å². The Morgan fingerprint density at radius 2 is 0.826 bits per heavy atom. The highest BCUT2D eigenvalue weighted by Crippen LogP contribution is 2.22. The van der Waals surface area contributed by atoms with E-state index in [1.807, 2.05) is 0 Å². The van der Waals surface area contributed by atoms with Gasteiger partial charge in [-0.3, -0.25) is 0 Å². The molecule has 0 bridgehead atoms. The Kier molecular flexibility index (Phi) is 20.0. The van der Waals surface area contributed by atoms with E-state index in [1.54, 1.807) is 0 Å². The normalized spacial score (nSPS) is 12.7. The molecule has 0 aliphatic heterocycles. The minimum absolute atomic E-state index is 0.974. The molecule has 0 heteroatoms. The number of hydrogen-bond donors (Lipinski definition) is 0. The first-order valence-corrected chi connectivity index (χ1v) is 11.1. The molecule has 0 N–H and O–H groups in total. The predicted octanol–water partition coefficient (Wildman–Crippen LogP) is 8.89. The summed E-state index contributed by atoms with van der Waals surface area (Å²) in [7, 11) is 0. The lowest BCUT2D eigenvalue weighted by Crippen LogP contribution is -2.00. The molecule has 0 rings (SSSR count). The zero-order valence-electron chi connectivity index (χ0n) is 16.7. The van der Waals surface area contributed by atoms with Crippen molar-refractivity contribution < 1.29 is 0 Å². The number of rotatable bonds is 19. The van der Waals surface area contributed by atoms with E-state index in [-0.39, 0.29) is 0 Å². The summed E-state index contributed by atoms with van der Waals surface area (Å²) in [6.45, 7) is 8.67. The van der Waals surface area contributed by atoms with E-state index in [2.05, 4.69) is 20.8 Å². The molecule has 0 heterocycles. The van der Waals surface area contributed by atoms with Gasteiger partial charge in [0.1, 0.15) is 0 Å². The highest BCUT2D eigenvalue weighted by molar-refractivity contribution is 4.61. The monoisotopic (exact) mass is 323 g/mol. The average Bonchev–Trinajstić information content (AvgIpc) is 2.56. The molecule has 0 fully saturated rings. The van der Waals surface area contributed by atoms with Gasteiger partial charge < -0.3 is 0 Å². The zero-order chi connectivity index (χ0) is 17.0. The van der Waals surface area contributed by atoms with Crippen molar-refractivity contribution in [2.75, 3.05) is 0 Å². The maximum Gasteiger partial charge on any atom is -0.0414 e. The summed E-state index contributed by atoms with van der Waals surface area (Å²) in [5, 5.41) is 0. The second-order valence-corrected chi connectivity index (χ2v) is 7.68. The van der Waals surface area contributed by atoms with Crippen LogP contribution in [0.25, 0.3) is 0 Å². The van der Waals surface area contributed by atoms with Crippen LogP contribution in [0, 0.1) is 12.8 Å². The molecule has 0 aliphatic carbocycles. The first-order valence-electron chi connectivity index (χ1n) is 11.1. The average molecular weight is 324 g/mol. The van der Waals surface area contributed by atoms with Crippen molar-refractivity contribution >= 4 is 0 Å². The highest BCUT2D eigenvalue weighted by Gasteiger charge is 2.07. The molecule has 1 unspecified atom stereocenters. The Morgan fingerprint density at radius 3 is 1.26 bits per heavy atom. The summed E-state index contributed by atoms with van der Waals surface area (Å²) < 4.78 is 0. The fourth-order valence-electron chi connectivity index (χ4n) is 3.68. The molecular formula is C23H47. The molecule has 139 valence electrons. The Bertz CT molecular complexity index is 196. The van der Waals surface area contributed by atoms with Gasteiger partial charge in [0, 0.05) is 0 Å². The van der Waals surface area contributed by atoms with Crippen molar-refractivity contribution in [3.63, 3.8) is 0 Å². The molecule has 0 saturated carbocycles. The van der Waals surface area contributed by atoms with Gasteiger partial charge in [-0.2, -0.15) is 0 Å². The molecule has 0 aromatic rings. The van der Waals surface area contributed by atoms with Crippen LogP contribution in [0.1, 0.15) is 136 Å². The van der Waals surface area contributed by atoms with E-state index >= 15 is 0 Å². The van der Waals surface area contributed by atoms with Crippen LogP contribution in [0.15, 0.2) is 0 Å². The lowest BCUT2D eigenvalue weighted by Gasteiger charge is -2.15. The van der Waals surface area contributed by atoms with Crippen molar-refractivity contribution in [2.24, 2.45) is 5.92 Å². The van der Waals surface area contributed by atoms with Crippen LogP contribution in [0.3, 0.4) is 0 Å². The molecule has 0 aromatic carbocycles. The highest BCUT2D eigenvalue weighted by atomic mass is 14.1. The third-order valence-electron chi connectivity index (χ3n) is 5.29. The lowest BCUT2D eigenvalue weighted by atomic mass is 9.91. The minimum atomic E-state index is 0.974. The molecular weight excluding hydrogens is 276 g/mol. The molecule has 0 nitrogen and oxygen atoms in total. The Balaban J connectivity index is 3.28. The predicted molar refractivity (Wildman–Crippen MR) is 108 cm³/mol. The maximum absolute atomic E-state index is 4.06. The third-order valence-corrected chi connectivity index (χ3v) is 5.29. The second kappa shape index (κ2) is 20.0. The van der Waals surface area contributed by atoms with Crippen molar-refractivity contribution in [2.45, 2.75) is 136 Å². The van der Waals surface area contributed by atoms with Gasteiger partial charge in [-0.15, -0.1) is 0 Å². The third kappa shape index (κ3) is 18.2. The van der Waals surface area contributed by atoms with Crippen molar-refractivity contribution in [1.29, 1.82) is 0 Å². The summed E-state index contributed by atoms with van der Waals surface area (Å²) in [5.41, 5.74) is 0.